The zero-order chi connectivity index (χ0) is 16.1. The van der Waals surface area contributed by atoms with Crippen LogP contribution in [0.15, 0.2) is 41.8 Å². The van der Waals surface area contributed by atoms with Crippen LogP contribution in [0, 0.1) is 0 Å². The molecule has 0 radical (unpaired) electrons. The number of carbonyl (C=O) groups excluding carboxylic acids is 3. The predicted molar refractivity (Wildman–Crippen MR) is 87.3 cm³/mol. The molecule has 0 spiro atoms. The third kappa shape index (κ3) is 3.99. The van der Waals surface area contributed by atoms with E-state index in [1.807, 2.05) is 0 Å². The molecule has 1 aliphatic rings. The smallest absolute Gasteiger partial charge is 0.293 e. The van der Waals surface area contributed by atoms with Crippen molar-refractivity contribution in [2.75, 3.05) is 13.1 Å². The zero-order valence-corrected chi connectivity index (χ0v) is 13.1. The second kappa shape index (κ2) is 7.29. The van der Waals surface area contributed by atoms with Crippen LogP contribution in [-0.2, 0) is 9.59 Å². The largest absolute Gasteiger partial charge is 0.351 e. The maximum absolute atomic E-state index is 12.2. The lowest BCUT2D eigenvalue weighted by atomic mass is 10.2. The number of rotatable bonds is 5. The van der Waals surface area contributed by atoms with Gasteiger partial charge in [-0.25, -0.2) is 0 Å². The molecule has 3 amide bonds. The zero-order valence-electron chi connectivity index (χ0n) is 11.5. The van der Waals surface area contributed by atoms with Gasteiger partial charge in [-0.05, 0) is 41.6 Å². The number of thioether (sulfide) groups is 1. The molecule has 1 heterocycles. The Bertz CT molecular complexity index is 655. The van der Waals surface area contributed by atoms with Gasteiger partial charge in [0.05, 0.1) is 4.91 Å². The topological polar surface area (TPSA) is 66.5 Å². The van der Waals surface area contributed by atoms with Crippen molar-refractivity contribution in [3.8, 4) is 0 Å². The molecule has 0 aliphatic carbocycles. The van der Waals surface area contributed by atoms with Crippen molar-refractivity contribution in [1.82, 2.24) is 10.2 Å². The number of nitrogens with zero attached hydrogens (tertiary/aromatic N) is 1. The third-order valence-electron chi connectivity index (χ3n) is 2.86. The van der Waals surface area contributed by atoms with Gasteiger partial charge in [-0.2, -0.15) is 0 Å². The fraction of sp³-hybridized carbons (Fsp3) is 0.133. The minimum absolute atomic E-state index is 0.127. The molecule has 7 heteroatoms. The highest BCUT2D eigenvalue weighted by Crippen LogP contribution is 2.31. The summed E-state index contributed by atoms with van der Waals surface area (Å²) < 4.78 is 0. The average molecular weight is 337 g/mol. The van der Waals surface area contributed by atoms with E-state index in [2.05, 4.69) is 11.9 Å². The van der Waals surface area contributed by atoms with E-state index >= 15 is 0 Å². The van der Waals surface area contributed by atoms with Gasteiger partial charge < -0.3 is 5.32 Å². The van der Waals surface area contributed by atoms with Gasteiger partial charge in [0.15, 0.2) is 0 Å². The van der Waals surface area contributed by atoms with E-state index in [0.29, 0.717) is 9.93 Å². The Morgan fingerprint density at radius 3 is 2.64 bits per heavy atom. The monoisotopic (exact) mass is 336 g/mol. The van der Waals surface area contributed by atoms with Crippen molar-refractivity contribution in [2.45, 2.75) is 0 Å². The number of benzene rings is 1. The molecular weight excluding hydrogens is 324 g/mol. The van der Waals surface area contributed by atoms with E-state index in [-0.39, 0.29) is 30.1 Å². The average Bonchev–Trinajstić information content (AvgIpc) is 2.76. The first-order chi connectivity index (χ1) is 10.5. The predicted octanol–water partition coefficient (Wildman–Crippen LogP) is 2.68. The number of halogens is 1. The molecule has 1 aromatic carbocycles. The number of nitrogens with one attached hydrogen (secondary N) is 1. The Balaban J connectivity index is 2.03. The molecule has 1 aromatic rings. The maximum atomic E-state index is 12.2. The molecule has 1 fully saturated rings. The van der Waals surface area contributed by atoms with E-state index in [0.717, 1.165) is 28.3 Å². The Labute approximate surface area is 137 Å². The Kier molecular flexibility index (Phi) is 5.41. The van der Waals surface area contributed by atoms with E-state index in [1.54, 1.807) is 30.3 Å². The molecule has 0 saturated carbocycles. The van der Waals surface area contributed by atoms with Gasteiger partial charge in [0.2, 0.25) is 5.91 Å². The van der Waals surface area contributed by atoms with Crippen LogP contribution in [0.2, 0.25) is 5.02 Å². The lowest BCUT2D eigenvalue weighted by molar-refractivity contribution is -0.123. The van der Waals surface area contributed by atoms with E-state index < -0.39 is 0 Å². The van der Waals surface area contributed by atoms with Gasteiger partial charge in [0.1, 0.15) is 0 Å². The fourth-order valence-electron chi connectivity index (χ4n) is 1.77. The summed E-state index contributed by atoms with van der Waals surface area (Å²) in [6, 6.07) is 6.95. The summed E-state index contributed by atoms with van der Waals surface area (Å²) in [5, 5.41) is 2.78. The van der Waals surface area contributed by atoms with Gasteiger partial charge >= 0.3 is 0 Å². The first kappa shape index (κ1) is 16.3. The van der Waals surface area contributed by atoms with Crippen LogP contribution < -0.4 is 5.32 Å². The van der Waals surface area contributed by atoms with Gasteiger partial charge in [-0.3, -0.25) is 19.3 Å². The summed E-state index contributed by atoms with van der Waals surface area (Å²) in [7, 11) is 0. The second-order valence-electron chi connectivity index (χ2n) is 4.38. The first-order valence-corrected chi connectivity index (χ1v) is 7.62. The van der Waals surface area contributed by atoms with Crippen molar-refractivity contribution < 1.29 is 14.4 Å². The SMILES string of the molecule is C=CC(=O)NCCN1C(=O)S/C(=C/c2ccc(Cl)cc2)C1=O. The molecule has 1 aliphatic heterocycles. The molecular formula is C15H13ClN2O3S. The Hall–Kier alpha value is -2.05. The van der Waals surface area contributed by atoms with E-state index in [4.69, 9.17) is 11.6 Å². The summed E-state index contributed by atoms with van der Waals surface area (Å²) in [5.74, 6) is -0.707. The minimum Gasteiger partial charge on any atom is -0.351 e. The van der Waals surface area contributed by atoms with Crippen molar-refractivity contribution >= 4 is 46.5 Å². The number of carbonyl (C=O) groups is 3. The highest BCUT2D eigenvalue weighted by atomic mass is 35.5. The summed E-state index contributed by atoms with van der Waals surface area (Å²) in [4.78, 5) is 36.5. The van der Waals surface area contributed by atoms with Crippen LogP contribution in [0.5, 0.6) is 0 Å². The van der Waals surface area contributed by atoms with Gasteiger partial charge in [0.25, 0.3) is 11.1 Å². The number of hydrogen-bond acceptors (Lipinski definition) is 4. The van der Waals surface area contributed by atoms with E-state index in [1.165, 1.54) is 0 Å². The summed E-state index contributed by atoms with van der Waals surface area (Å²) in [6.07, 6.45) is 2.78. The first-order valence-electron chi connectivity index (χ1n) is 6.42. The van der Waals surface area contributed by atoms with Gasteiger partial charge in [-0.1, -0.05) is 30.3 Å². The van der Waals surface area contributed by atoms with Crippen molar-refractivity contribution in [3.63, 3.8) is 0 Å². The molecule has 2 rings (SSSR count). The van der Waals surface area contributed by atoms with E-state index in [9.17, 15) is 14.4 Å². The lowest BCUT2D eigenvalue weighted by Crippen LogP contribution is -2.36. The molecule has 1 N–H and O–H groups in total. The number of hydrogen-bond donors (Lipinski definition) is 1. The fourth-order valence-corrected chi connectivity index (χ4v) is 2.76. The van der Waals surface area contributed by atoms with Crippen LogP contribution in [0.4, 0.5) is 4.79 Å². The van der Waals surface area contributed by atoms with Crippen LogP contribution in [0.1, 0.15) is 5.56 Å². The number of amides is 3. The van der Waals surface area contributed by atoms with Crippen LogP contribution in [0.25, 0.3) is 6.08 Å². The normalized spacial score (nSPS) is 16.2. The van der Waals surface area contributed by atoms with Crippen molar-refractivity contribution in [3.05, 3.63) is 52.4 Å². The van der Waals surface area contributed by atoms with Crippen molar-refractivity contribution in [2.24, 2.45) is 0 Å². The van der Waals surface area contributed by atoms with Crippen LogP contribution in [0.3, 0.4) is 0 Å². The molecule has 114 valence electrons. The highest BCUT2D eigenvalue weighted by Gasteiger charge is 2.34. The summed E-state index contributed by atoms with van der Waals surface area (Å²) >= 11 is 6.68. The second-order valence-corrected chi connectivity index (χ2v) is 5.81. The molecule has 0 atom stereocenters. The van der Waals surface area contributed by atoms with Crippen LogP contribution >= 0.6 is 23.4 Å². The summed E-state index contributed by atoms with van der Waals surface area (Å²) in [5.41, 5.74) is 0.787. The Morgan fingerprint density at radius 2 is 2.00 bits per heavy atom. The molecule has 1 saturated heterocycles. The quantitative estimate of drug-likeness (QED) is 0.839. The molecule has 5 nitrogen and oxygen atoms in total. The van der Waals surface area contributed by atoms with Crippen LogP contribution in [-0.4, -0.2) is 35.0 Å². The lowest BCUT2D eigenvalue weighted by Gasteiger charge is -2.12. The van der Waals surface area contributed by atoms with Gasteiger partial charge in [0, 0.05) is 18.1 Å². The highest BCUT2D eigenvalue weighted by molar-refractivity contribution is 8.18. The molecule has 0 aromatic heterocycles. The molecule has 0 unspecified atom stereocenters. The summed E-state index contributed by atoms with van der Waals surface area (Å²) in [6.45, 7) is 3.64. The molecule has 22 heavy (non-hydrogen) atoms. The maximum Gasteiger partial charge on any atom is 0.293 e. The minimum atomic E-state index is -0.363. The van der Waals surface area contributed by atoms with Gasteiger partial charge in [-0.15, -0.1) is 0 Å². The van der Waals surface area contributed by atoms with Crippen molar-refractivity contribution in [1.29, 1.82) is 0 Å². The Morgan fingerprint density at radius 1 is 1.32 bits per heavy atom. The molecule has 0 bridgehead atoms. The third-order valence-corrected chi connectivity index (χ3v) is 4.02. The standard InChI is InChI=1S/C15H13ClN2O3S/c1-2-13(19)17-7-8-18-14(20)12(22-15(18)21)9-10-3-5-11(16)6-4-10/h2-6,9H,1,7-8H2,(H,17,19)/b12-9+. The number of imide groups is 1.